The third-order valence-electron chi connectivity index (χ3n) is 2.62. The lowest BCUT2D eigenvalue weighted by Crippen LogP contribution is -2.36. The number of carbonyl (C=O) groups is 1. The van der Waals surface area contributed by atoms with Crippen molar-refractivity contribution < 1.29 is 9.18 Å². The fourth-order valence-electron chi connectivity index (χ4n) is 1.23. The van der Waals surface area contributed by atoms with Gasteiger partial charge >= 0.3 is 0 Å². The Bertz CT molecular complexity index is 395. The van der Waals surface area contributed by atoms with Crippen LogP contribution in [-0.2, 0) is 0 Å². The van der Waals surface area contributed by atoms with E-state index in [0.717, 1.165) is 0 Å². The second-order valence-corrected chi connectivity index (χ2v) is 4.19. The maximum atomic E-state index is 13.3. The molecule has 0 N–H and O–H groups in total. The molecule has 16 heavy (non-hydrogen) atoms. The molecule has 4 heteroatoms. The lowest BCUT2D eigenvalue weighted by Gasteiger charge is -2.23. The van der Waals surface area contributed by atoms with Gasteiger partial charge in [-0.25, -0.2) is 4.39 Å². The molecule has 0 radical (unpaired) electrons. The number of benzene rings is 1. The normalized spacial score (nSPS) is 12.3. The standard InChI is InChI=1S/C12H15ClFNO/c1-8-4-5-10(6-11(8)14)12(16)15(3)9(2)7-13/h4-6,9H,7H2,1-3H3. The molecule has 0 fully saturated rings. The molecule has 0 aromatic heterocycles. The predicted molar refractivity (Wildman–Crippen MR) is 63.4 cm³/mol. The number of halogens is 2. The highest BCUT2D eigenvalue weighted by Crippen LogP contribution is 2.12. The van der Waals surface area contributed by atoms with E-state index in [0.29, 0.717) is 17.0 Å². The van der Waals surface area contributed by atoms with Gasteiger partial charge in [-0.3, -0.25) is 4.79 Å². The molecule has 1 rings (SSSR count). The molecule has 2 nitrogen and oxygen atoms in total. The average molecular weight is 244 g/mol. The van der Waals surface area contributed by atoms with Gasteiger partial charge in [0.05, 0.1) is 0 Å². The molecule has 1 aromatic rings. The van der Waals surface area contributed by atoms with Crippen LogP contribution in [0.25, 0.3) is 0 Å². The van der Waals surface area contributed by atoms with E-state index in [4.69, 9.17) is 11.6 Å². The molecule has 0 saturated heterocycles. The summed E-state index contributed by atoms with van der Waals surface area (Å²) in [5.74, 6) is -0.221. The quantitative estimate of drug-likeness (QED) is 0.748. The van der Waals surface area contributed by atoms with E-state index in [1.54, 1.807) is 26.1 Å². The van der Waals surface area contributed by atoms with Crippen molar-refractivity contribution in [2.24, 2.45) is 0 Å². The summed E-state index contributed by atoms with van der Waals surface area (Å²) >= 11 is 5.67. The van der Waals surface area contributed by atoms with Gasteiger partial charge in [-0.15, -0.1) is 11.6 Å². The van der Waals surface area contributed by atoms with Crippen LogP contribution in [0.5, 0.6) is 0 Å². The van der Waals surface area contributed by atoms with Gasteiger partial charge in [-0.1, -0.05) is 6.07 Å². The number of hydrogen-bond donors (Lipinski definition) is 0. The van der Waals surface area contributed by atoms with Crippen LogP contribution in [0.15, 0.2) is 18.2 Å². The van der Waals surface area contributed by atoms with Crippen LogP contribution < -0.4 is 0 Å². The van der Waals surface area contributed by atoms with E-state index in [9.17, 15) is 9.18 Å². The van der Waals surface area contributed by atoms with Gasteiger partial charge in [0.25, 0.3) is 5.91 Å². The van der Waals surface area contributed by atoms with E-state index in [1.165, 1.54) is 11.0 Å². The first-order valence-electron chi connectivity index (χ1n) is 5.06. The summed E-state index contributed by atoms with van der Waals surface area (Å²) in [4.78, 5) is 13.4. The largest absolute Gasteiger partial charge is 0.338 e. The molecular formula is C12H15ClFNO. The maximum Gasteiger partial charge on any atom is 0.253 e. The van der Waals surface area contributed by atoms with Gasteiger partial charge in [0.2, 0.25) is 0 Å². The van der Waals surface area contributed by atoms with Gasteiger partial charge in [0.1, 0.15) is 5.82 Å². The van der Waals surface area contributed by atoms with E-state index in [-0.39, 0.29) is 17.8 Å². The van der Waals surface area contributed by atoms with Crippen LogP contribution in [0.1, 0.15) is 22.8 Å². The zero-order valence-electron chi connectivity index (χ0n) is 9.63. The third-order valence-corrected chi connectivity index (χ3v) is 3.07. The van der Waals surface area contributed by atoms with E-state index >= 15 is 0 Å². The second kappa shape index (κ2) is 5.30. The van der Waals surface area contributed by atoms with Crippen LogP contribution in [-0.4, -0.2) is 29.8 Å². The highest BCUT2D eigenvalue weighted by molar-refractivity contribution is 6.18. The zero-order chi connectivity index (χ0) is 12.3. The maximum absolute atomic E-state index is 13.3. The number of aryl methyl sites for hydroxylation is 1. The summed E-state index contributed by atoms with van der Waals surface area (Å²) in [6, 6.07) is 4.41. The SMILES string of the molecule is Cc1ccc(C(=O)N(C)C(C)CCl)cc1F. The molecule has 1 unspecified atom stereocenters. The Labute approximate surface area is 100 Å². The van der Waals surface area contributed by atoms with E-state index in [2.05, 4.69) is 0 Å². The highest BCUT2D eigenvalue weighted by Gasteiger charge is 2.17. The average Bonchev–Trinajstić information content (AvgIpc) is 2.29. The zero-order valence-corrected chi connectivity index (χ0v) is 10.4. The summed E-state index contributed by atoms with van der Waals surface area (Å²) in [7, 11) is 1.66. The van der Waals surface area contributed by atoms with Crippen LogP contribution in [0.2, 0.25) is 0 Å². The van der Waals surface area contributed by atoms with Crippen molar-refractivity contribution in [3.8, 4) is 0 Å². The van der Waals surface area contributed by atoms with Crippen LogP contribution >= 0.6 is 11.6 Å². The molecule has 1 aromatic carbocycles. The van der Waals surface area contributed by atoms with E-state index in [1.807, 2.05) is 6.92 Å². The van der Waals surface area contributed by atoms with E-state index < -0.39 is 0 Å². The Morgan fingerprint density at radius 2 is 2.19 bits per heavy atom. The molecular weight excluding hydrogens is 229 g/mol. The first-order chi connectivity index (χ1) is 7.47. The first-order valence-corrected chi connectivity index (χ1v) is 5.60. The summed E-state index contributed by atoms with van der Waals surface area (Å²) in [5, 5.41) is 0. The fourth-order valence-corrected chi connectivity index (χ4v) is 1.44. The predicted octanol–water partition coefficient (Wildman–Crippen LogP) is 2.83. The van der Waals surface area contributed by atoms with Crippen LogP contribution in [0.4, 0.5) is 4.39 Å². The number of nitrogens with zero attached hydrogens (tertiary/aromatic N) is 1. The van der Waals surface area contributed by atoms with Crippen LogP contribution in [0, 0.1) is 12.7 Å². The summed E-state index contributed by atoms with van der Waals surface area (Å²) in [6.45, 7) is 3.50. The van der Waals surface area contributed by atoms with Crippen molar-refractivity contribution >= 4 is 17.5 Å². The van der Waals surface area contributed by atoms with Gasteiger partial charge in [0.15, 0.2) is 0 Å². The molecule has 1 atom stereocenters. The molecule has 1 amide bonds. The molecule has 0 spiro atoms. The van der Waals surface area contributed by atoms with Crippen LogP contribution in [0.3, 0.4) is 0 Å². The Balaban J connectivity index is 2.92. The van der Waals surface area contributed by atoms with Crippen molar-refractivity contribution in [1.82, 2.24) is 4.90 Å². The highest BCUT2D eigenvalue weighted by atomic mass is 35.5. The molecule has 0 aliphatic rings. The minimum Gasteiger partial charge on any atom is -0.338 e. The Morgan fingerprint density at radius 1 is 1.56 bits per heavy atom. The Kier molecular flexibility index (Phi) is 4.30. The minimum absolute atomic E-state index is 0.0708. The molecule has 0 saturated carbocycles. The smallest absolute Gasteiger partial charge is 0.253 e. The van der Waals surface area contributed by atoms with Crippen molar-refractivity contribution in [2.45, 2.75) is 19.9 Å². The lowest BCUT2D eigenvalue weighted by molar-refractivity contribution is 0.0756. The summed E-state index contributed by atoms with van der Waals surface area (Å²) < 4.78 is 13.3. The van der Waals surface area contributed by atoms with Gasteiger partial charge in [-0.05, 0) is 31.5 Å². The number of carbonyl (C=O) groups excluding carboxylic acids is 1. The summed E-state index contributed by atoms with van der Waals surface area (Å²) in [5.41, 5.74) is 0.882. The number of amides is 1. The van der Waals surface area contributed by atoms with Gasteiger partial charge in [0, 0.05) is 24.5 Å². The molecule has 0 bridgehead atoms. The monoisotopic (exact) mass is 243 g/mol. The fraction of sp³-hybridized carbons (Fsp3) is 0.417. The number of rotatable bonds is 3. The number of alkyl halides is 1. The van der Waals surface area contributed by atoms with Crippen molar-refractivity contribution in [1.29, 1.82) is 0 Å². The molecule has 0 aliphatic carbocycles. The molecule has 0 aliphatic heterocycles. The van der Waals surface area contributed by atoms with Crippen molar-refractivity contribution in [3.63, 3.8) is 0 Å². The number of hydrogen-bond acceptors (Lipinski definition) is 1. The van der Waals surface area contributed by atoms with Crippen molar-refractivity contribution in [3.05, 3.63) is 35.1 Å². The third kappa shape index (κ3) is 2.73. The Hall–Kier alpha value is -1.09. The topological polar surface area (TPSA) is 20.3 Å². The Morgan fingerprint density at radius 3 is 2.69 bits per heavy atom. The lowest BCUT2D eigenvalue weighted by atomic mass is 10.1. The summed E-state index contributed by atoms with van der Waals surface area (Å²) in [6.07, 6.45) is 0. The molecule has 88 valence electrons. The molecule has 0 heterocycles. The van der Waals surface area contributed by atoms with Gasteiger partial charge in [-0.2, -0.15) is 0 Å². The first kappa shape index (κ1) is 13.0. The minimum atomic E-state index is -0.363. The second-order valence-electron chi connectivity index (χ2n) is 3.88. The van der Waals surface area contributed by atoms with Crippen molar-refractivity contribution in [2.75, 3.05) is 12.9 Å². The van der Waals surface area contributed by atoms with Gasteiger partial charge < -0.3 is 4.90 Å².